The molecule has 144 valence electrons. The van der Waals surface area contributed by atoms with Crippen molar-refractivity contribution in [3.05, 3.63) is 71.6 Å². The van der Waals surface area contributed by atoms with Gasteiger partial charge in [0.25, 0.3) is 0 Å². The van der Waals surface area contributed by atoms with Crippen LogP contribution in [0.4, 0.5) is 24.7 Å². The molecule has 5 nitrogen and oxygen atoms in total. The van der Waals surface area contributed by atoms with E-state index in [1.54, 1.807) is 30.5 Å². The van der Waals surface area contributed by atoms with Crippen molar-refractivity contribution in [2.45, 2.75) is 6.18 Å². The average Bonchev–Trinajstić information content (AvgIpc) is 3.05. The number of anilines is 2. The van der Waals surface area contributed by atoms with Gasteiger partial charge < -0.3 is 5.32 Å². The molecule has 0 amide bonds. The second-order valence-corrected chi connectivity index (χ2v) is 6.12. The molecule has 0 atom stereocenters. The second kappa shape index (κ2) is 7.65. The molecule has 3 aromatic heterocycles. The number of imidazole rings is 1. The number of nitrogens with zero attached hydrogens (tertiary/aromatic N) is 4. The molecule has 1 N–H and O–H groups in total. The summed E-state index contributed by atoms with van der Waals surface area (Å²) >= 11 is 5.87. The molecule has 0 unspecified atom stereocenters. The van der Waals surface area contributed by atoms with Crippen molar-refractivity contribution in [1.29, 1.82) is 0 Å². The molecule has 0 radical (unpaired) electrons. The zero-order chi connectivity index (χ0) is 19.0. The maximum Gasteiger partial charge on any atom is 0.418 e. The fourth-order valence-electron chi connectivity index (χ4n) is 2.64. The summed E-state index contributed by atoms with van der Waals surface area (Å²) in [5.41, 5.74) is 0.399. The highest BCUT2D eigenvalue weighted by molar-refractivity contribution is 6.30. The number of aromatic nitrogens is 4. The topological polar surface area (TPSA) is 55.1 Å². The van der Waals surface area contributed by atoms with Gasteiger partial charge in [-0.25, -0.2) is 4.98 Å². The number of benzene rings is 1. The highest BCUT2D eigenvalue weighted by atomic mass is 35.5. The predicted molar refractivity (Wildman–Crippen MR) is 103 cm³/mol. The summed E-state index contributed by atoms with van der Waals surface area (Å²) in [4.78, 5) is 8.09. The van der Waals surface area contributed by atoms with E-state index in [-0.39, 0.29) is 23.7 Å². The Kier molecular flexibility index (Phi) is 5.44. The van der Waals surface area contributed by atoms with Crippen LogP contribution in [0, 0.1) is 0 Å². The molecule has 0 bridgehead atoms. The monoisotopic (exact) mass is 425 g/mol. The third-order valence-electron chi connectivity index (χ3n) is 3.86. The molecule has 3 heterocycles. The van der Waals surface area contributed by atoms with Gasteiger partial charge >= 0.3 is 6.18 Å². The van der Waals surface area contributed by atoms with Crippen molar-refractivity contribution in [3.63, 3.8) is 0 Å². The van der Waals surface area contributed by atoms with Crippen LogP contribution in [0.3, 0.4) is 0 Å². The van der Waals surface area contributed by atoms with E-state index in [0.717, 1.165) is 11.8 Å². The normalized spacial score (nSPS) is 11.3. The Hall–Kier alpha value is -2.84. The van der Waals surface area contributed by atoms with E-state index in [0.29, 0.717) is 16.5 Å². The van der Waals surface area contributed by atoms with Crippen LogP contribution in [0.5, 0.6) is 0 Å². The van der Waals surface area contributed by atoms with Crippen LogP contribution in [0.15, 0.2) is 61.1 Å². The van der Waals surface area contributed by atoms with Gasteiger partial charge in [-0.15, -0.1) is 12.4 Å². The van der Waals surface area contributed by atoms with Gasteiger partial charge in [0.05, 0.1) is 23.7 Å². The fourth-order valence-corrected chi connectivity index (χ4v) is 2.76. The van der Waals surface area contributed by atoms with Crippen LogP contribution in [-0.2, 0) is 6.18 Å². The van der Waals surface area contributed by atoms with Gasteiger partial charge in [-0.3, -0.25) is 4.98 Å². The third-order valence-corrected chi connectivity index (χ3v) is 4.12. The van der Waals surface area contributed by atoms with E-state index in [4.69, 9.17) is 11.6 Å². The summed E-state index contributed by atoms with van der Waals surface area (Å²) in [6, 6.07) is 10.8. The van der Waals surface area contributed by atoms with Crippen molar-refractivity contribution in [2.24, 2.45) is 0 Å². The first-order chi connectivity index (χ1) is 12.9. The zero-order valence-corrected chi connectivity index (χ0v) is 15.6. The summed E-state index contributed by atoms with van der Waals surface area (Å²) in [5.74, 6) is 0.566. The summed E-state index contributed by atoms with van der Waals surface area (Å²) < 4.78 is 41.2. The van der Waals surface area contributed by atoms with Crippen molar-refractivity contribution >= 4 is 41.2 Å². The lowest BCUT2D eigenvalue weighted by atomic mass is 10.1. The smallest absolute Gasteiger partial charge is 0.339 e. The van der Waals surface area contributed by atoms with Crippen LogP contribution in [0.25, 0.3) is 16.9 Å². The lowest BCUT2D eigenvalue weighted by Gasteiger charge is -2.11. The Balaban J connectivity index is 0.00000225. The van der Waals surface area contributed by atoms with Gasteiger partial charge in [0.15, 0.2) is 11.5 Å². The summed E-state index contributed by atoms with van der Waals surface area (Å²) in [7, 11) is 0. The quantitative estimate of drug-likeness (QED) is 0.462. The molecule has 0 aliphatic heterocycles. The third kappa shape index (κ3) is 3.88. The summed E-state index contributed by atoms with van der Waals surface area (Å²) in [5, 5.41) is 7.95. The largest absolute Gasteiger partial charge is 0.418 e. The van der Waals surface area contributed by atoms with E-state index in [9.17, 15) is 13.2 Å². The number of hydrogen-bond acceptors (Lipinski definition) is 4. The summed E-state index contributed by atoms with van der Waals surface area (Å²) in [6.07, 6.45) is -0.316. The lowest BCUT2D eigenvalue weighted by molar-refractivity contribution is -0.137. The Morgan fingerprint density at radius 3 is 2.46 bits per heavy atom. The molecule has 0 saturated heterocycles. The molecule has 28 heavy (non-hydrogen) atoms. The standard InChI is InChI=1S/C18H11ClF3N5.ClH/c19-12-3-5-13(6-4-12)26-16-10-24-15-8-11(9-25-27(15)16)17-14(18(20,21)22)2-1-7-23-17;/h1-10,26H;1H. The van der Waals surface area contributed by atoms with E-state index >= 15 is 0 Å². The molecule has 4 aromatic rings. The maximum absolute atomic E-state index is 13.2. The molecular formula is C18H12Cl2F3N5. The molecule has 10 heteroatoms. The first-order valence-electron chi connectivity index (χ1n) is 7.81. The number of rotatable bonds is 3. The number of alkyl halides is 3. The van der Waals surface area contributed by atoms with Crippen molar-refractivity contribution < 1.29 is 13.2 Å². The molecule has 0 saturated carbocycles. The SMILES string of the molecule is Cl.FC(F)(F)c1cccnc1-c1cnn2c(Nc3ccc(Cl)cc3)cnc2c1. The van der Waals surface area contributed by atoms with Crippen LogP contribution in [-0.4, -0.2) is 19.6 Å². The van der Waals surface area contributed by atoms with Gasteiger partial charge in [-0.1, -0.05) is 11.6 Å². The molecule has 1 aromatic carbocycles. The Morgan fingerprint density at radius 1 is 1.00 bits per heavy atom. The number of hydrogen-bond donors (Lipinski definition) is 1. The van der Waals surface area contributed by atoms with E-state index in [1.807, 2.05) is 0 Å². The van der Waals surface area contributed by atoms with Gasteiger partial charge in [0.1, 0.15) is 0 Å². The Bertz CT molecular complexity index is 1110. The van der Waals surface area contributed by atoms with Gasteiger partial charge in [-0.2, -0.15) is 22.8 Å². The minimum absolute atomic E-state index is 0. The van der Waals surface area contributed by atoms with E-state index in [2.05, 4.69) is 20.4 Å². The minimum atomic E-state index is -4.51. The molecule has 0 spiro atoms. The predicted octanol–water partition coefficient (Wildman–Crippen LogP) is 5.63. The first kappa shape index (κ1) is 19.9. The maximum atomic E-state index is 13.2. The number of pyridine rings is 1. The minimum Gasteiger partial charge on any atom is -0.339 e. The van der Waals surface area contributed by atoms with Crippen LogP contribution in [0.1, 0.15) is 5.56 Å². The highest BCUT2D eigenvalue weighted by Gasteiger charge is 2.34. The van der Waals surface area contributed by atoms with Crippen LogP contribution < -0.4 is 5.32 Å². The summed E-state index contributed by atoms with van der Waals surface area (Å²) in [6.45, 7) is 0. The Morgan fingerprint density at radius 2 is 1.75 bits per heavy atom. The number of halogens is 5. The van der Waals surface area contributed by atoms with E-state index in [1.165, 1.54) is 29.0 Å². The van der Waals surface area contributed by atoms with Gasteiger partial charge in [0, 0.05) is 22.5 Å². The molecule has 0 aliphatic carbocycles. The zero-order valence-electron chi connectivity index (χ0n) is 14.0. The van der Waals surface area contributed by atoms with Gasteiger partial charge in [-0.05, 0) is 42.5 Å². The molecule has 4 rings (SSSR count). The van der Waals surface area contributed by atoms with Crippen molar-refractivity contribution in [1.82, 2.24) is 19.6 Å². The Labute approximate surface area is 168 Å². The second-order valence-electron chi connectivity index (χ2n) is 5.69. The molecular weight excluding hydrogens is 414 g/mol. The van der Waals surface area contributed by atoms with Crippen LogP contribution >= 0.6 is 24.0 Å². The van der Waals surface area contributed by atoms with Crippen molar-refractivity contribution in [2.75, 3.05) is 5.32 Å². The van der Waals surface area contributed by atoms with Crippen molar-refractivity contribution in [3.8, 4) is 11.3 Å². The lowest BCUT2D eigenvalue weighted by Crippen LogP contribution is -2.08. The van der Waals surface area contributed by atoms with E-state index < -0.39 is 11.7 Å². The van der Waals surface area contributed by atoms with Gasteiger partial charge in [0.2, 0.25) is 0 Å². The average molecular weight is 426 g/mol. The molecule has 0 aliphatic rings. The molecule has 0 fully saturated rings. The number of fused-ring (bicyclic) bond motifs is 1. The number of nitrogens with one attached hydrogen (secondary N) is 1. The highest BCUT2D eigenvalue weighted by Crippen LogP contribution is 2.35. The first-order valence-corrected chi connectivity index (χ1v) is 8.18. The fraction of sp³-hybridized carbons (Fsp3) is 0.0556. The van der Waals surface area contributed by atoms with Crippen LogP contribution in [0.2, 0.25) is 5.02 Å².